The van der Waals surface area contributed by atoms with Crippen LogP contribution in [0.5, 0.6) is 5.75 Å². The molecule has 0 fully saturated rings. The van der Waals surface area contributed by atoms with E-state index < -0.39 is 11.9 Å². The van der Waals surface area contributed by atoms with E-state index in [-0.39, 0.29) is 23.8 Å². The van der Waals surface area contributed by atoms with Gasteiger partial charge in [0.05, 0.1) is 23.4 Å². The van der Waals surface area contributed by atoms with Crippen molar-refractivity contribution in [1.82, 2.24) is 20.4 Å². The number of hydrogen-bond acceptors (Lipinski definition) is 5. The highest BCUT2D eigenvalue weighted by atomic mass is 16.5. The molecule has 0 aliphatic carbocycles. The molecule has 2 aromatic carbocycles. The average molecular weight is 394 g/mol. The third kappa shape index (κ3) is 3.21. The predicted molar refractivity (Wildman–Crippen MR) is 106 cm³/mol. The average Bonchev–Trinajstić information content (AvgIpc) is 3.28. The highest BCUT2D eigenvalue weighted by molar-refractivity contribution is 6.03. The van der Waals surface area contributed by atoms with E-state index in [1.54, 1.807) is 13.2 Å². The van der Waals surface area contributed by atoms with E-state index in [2.05, 4.69) is 15.5 Å². The Kier molecular flexibility index (Phi) is 4.94. The molecule has 1 unspecified atom stereocenters. The number of hydrogen-bond donors (Lipinski definition) is 3. The number of likely N-dealkylation sites (N-methyl/N-ethyl adjacent to an activating group) is 1. The van der Waals surface area contributed by atoms with Crippen LogP contribution in [0.1, 0.15) is 40.1 Å². The number of phenolic OH excluding ortho intramolecular Hbond substituents is 1. The number of aromatic hydroxyl groups is 1. The minimum Gasteiger partial charge on any atom is -0.507 e. The number of aromatic amines is 1. The zero-order chi connectivity index (χ0) is 20.5. The molecular weight excluding hydrogens is 372 g/mol. The molecule has 29 heavy (non-hydrogen) atoms. The highest BCUT2D eigenvalue weighted by Gasteiger charge is 2.39. The standard InChI is InChI=1S/C21H22N4O4/c1-3-22-20(27)19-13-7-5-4-6-12(13)10-25(19)21(28)15-8-14-16(9-18(15)26)23-24-17(14)11-29-2/h4-9,19,26H,3,10-11H2,1-2H3,(H,22,27)(H,23,24). The maximum atomic E-state index is 13.4. The number of nitrogens with zero attached hydrogens (tertiary/aromatic N) is 2. The molecular formula is C21H22N4O4. The van der Waals surface area contributed by atoms with Crippen molar-refractivity contribution in [3.8, 4) is 5.75 Å². The maximum absolute atomic E-state index is 13.4. The van der Waals surface area contributed by atoms with Crippen LogP contribution in [-0.4, -0.2) is 45.7 Å². The van der Waals surface area contributed by atoms with Gasteiger partial charge >= 0.3 is 0 Å². The summed E-state index contributed by atoms with van der Waals surface area (Å²) in [6.07, 6.45) is 0. The number of ether oxygens (including phenoxy) is 1. The lowest BCUT2D eigenvalue weighted by Gasteiger charge is -2.25. The lowest BCUT2D eigenvalue weighted by molar-refractivity contribution is -0.125. The minimum atomic E-state index is -0.739. The van der Waals surface area contributed by atoms with Crippen molar-refractivity contribution in [2.75, 3.05) is 13.7 Å². The van der Waals surface area contributed by atoms with Crippen molar-refractivity contribution in [3.05, 3.63) is 58.8 Å². The van der Waals surface area contributed by atoms with Gasteiger partial charge in [0.25, 0.3) is 5.91 Å². The fourth-order valence-electron chi connectivity index (χ4n) is 3.81. The van der Waals surface area contributed by atoms with E-state index in [0.29, 0.717) is 29.7 Å². The molecule has 0 radical (unpaired) electrons. The summed E-state index contributed by atoms with van der Waals surface area (Å²) in [6.45, 7) is 2.87. The van der Waals surface area contributed by atoms with Gasteiger partial charge in [0.15, 0.2) is 0 Å². The summed E-state index contributed by atoms with van der Waals surface area (Å²) in [7, 11) is 1.56. The molecule has 8 heteroatoms. The van der Waals surface area contributed by atoms with Gasteiger partial charge in [0.1, 0.15) is 11.8 Å². The Balaban J connectivity index is 1.76. The molecule has 3 aromatic rings. The summed E-state index contributed by atoms with van der Waals surface area (Å²) in [6, 6.07) is 9.83. The number of phenols is 1. The van der Waals surface area contributed by atoms with Crippen LogP contribution in [0.3, 0.4) is 0 Å². The molecule has 0 saturated heterocycles. The van der Waals surface area contributed by atoms with Crippen LogP contribution in [0.25, 0.3) is 10.9 Å². The van der Waals surface area contributed by atoms with E-state index in [4.69, 9.17) is 4.74 Å². The first-order chi connectivity index (χ1) is 14.0. The van der Waals surface area contributed by atoms with Gasteiger partial charge in [0.2, 0.25) is 5.91 Å². The number of carbonyl (C=O) groups is 2. The predicted octanol–water partition coefficient (Wildman–Crippen LogP) is 2.25. The number of rotatable bonds is 5. The van der Waals surface area contributed by atoms with Gasteiger partial charge in [-0.25, -0.2) is 0 Å². The van der Waals surface area contributed by atoms with Crippen molar-refractivity contribution in [2.24, 2.45) is 0 Å². The third-order valence-corrected chi connectivity index (χ3v) is 5.13. The molecule has 2 amide bonds. The van der Waals surface area contributed by atoms with Crippen molar-refractivity contribution in [2.45, 2.75) is 26.1 Å². The molecule has 8 nitrogen and oxygen atoms in total. The second kappa shape index (κ2) is 7.56. The smallest absolute Gasteiger partial charge is 0.258 e. The Morgan fingerprint density at radius 1 is 1.34 bits per heavy atom. The van der Waals surface area contributed by atoms with Gasteiger partial charge in [-0.2, -0.15) is 5.10 Å². The molecule has 0 saturated carbocycles. The number of amides is 2. The normalized spacial score (nSPS) is 15.5. The first-order valence-corrected chi connectivity index (χ1v) is 9.40. The first-order valence-electron chi connectivity index (χ1n) is 9.40. The number of H-pyrrole nitrogens is 1. The van der Waals surface area contributed by atoms with E-state index in [9.17, 15) is 14.7 Å². The quantitative estimate of drug-likeness (QED) is 0.615. The maximum Gasteiger partial charge on any atom is 0.258 e. The van der Waals surface area contributed by atoms with E-state index in [1.165, 1.54) is 11.0 Å². The summed E-state index contributed by atoms with van der Waals surface area (Å²) in [4.78, 5) is 27.7. The van der Waals surface area contributed by atoms with Crippen molar-refractivity contribution < 1.29 is 19.4 Å². The molecule has 1 aliphatic heterocycles. The number of carbonyl (C=O) groups excluding carboxylic acids is 2. The number of fused-ring (bicyclic) bond motifs is 2. The second-order valence-electron chi connectivity index (χ2n) is 6.95. The Labute approximate surface area is 167 Å². The van der Waals surface area contributed by atoms with E-state index in [0.717, 1.165) is 11.1 Å². The Hall–Kier alpha value is -3.39. The highest BCUT2D eigenvalue weighted by Crippen LogP contribution is 2.37. The van der Waals surface area contributed by atoms with Crippen molar-refractivity contribution in [3.63, 3.8) is 0 Å². The monoisotopic (exact) mass is 394 g/mol. The van der Waals surface area contributed by atoms with Crippen LogP contribution < -0.4 is 5.32 Å². The first kappa shape index (κ1) is 18.9. The van der Waals surface area contributed by atoms with Crippen molar-refractivity contribution >= 4 is 22.7 Å². The summed E-state index contributed by atoms with van der Waals surface area (Å²) < 4.78 is 5.15. The Bertz CT molecular complexity index is 1090. The van der Waals surface area contributed by atoms with Gasteiger partial charge in [-0.1, -0.05) is 24.3 Å². The SMILES string of the molecule is CCNC(=O)C1c2ccccc2CN1C(=O)c1cc2c(COC)n[nH]c2cc1O. The number of methoxy groups -OCH3 is 1. The van der Waals surface area contributed by atoms with Crippen LogP contribution in [0, 0.1) is 0 Å². The zero-order valence-corrected chi connectivity index (χ0v) is 16.2. The van der Waals surface area contributed by atoms with Crippen LogP contribution in [-0.2, 0) is 22.7 Å². The molecule has 2 heterocycles. The largest absolute Gasteiger partial charge is 0.507 e. The van der Waals surface area contributed by atoms with E-state index >= 15 is 0 Å². The second-order valence-corrected chi connectivity index (χ2v) is 6.95. The molecule has 1 aromatic heterocycles. The summed E-state index contributed by atoms with van der Waals surface area (Å²) in [5.41, 5.74) is 3.09. The molecule has 0 bridgehead atoms. The van der Waals surface area contributed by atoms with Crippen molar-refractivity contribution in [1.29, 1.82) is 0 Å². The van der Waals surface area contributed by atoms with Gasteiger partial charge < -0.3 is 20.1 Å². The van der Waals surface area contributed by atoms with Crippen LogP contribution >= 0.6 is 0 Å². The van der Waals surface area contributed by atoms with Gasteiger partial charge in [0, 0.05) is 31.7 Å². The fraction of sp³-hybridized carbons (Fsp3) is 0.286. The van der Waals surface area contributed by atoms with E-state index in [1.807, 2.05) is 31.2 Å². The number of aromatic nitrogens is 2. The summed E-state index contributed by atoms with van der Waals surface area (Å²) >= 11 is 0. The van der Waals surface area contributed by atoms with Crippen LogP contribution in [0.2, 0.25) is 0 Å². The van der Waals surface area contributed by atoms with Crippen LogP contribution in [0.15, 0.2) is 36.4 Å². The summed E-state index contributed by atoms with van der Waals surface area (Å²) in [5, 5.41) is 21.0. The third-order valence-electron chi connectivity index (χ3n) is 5.13. The minimum absolute atomic E-state index is 0.123. The molecule has 1 atom stereocenters. The number of benzene rings is 2. The molecule has 4 rings (SSSR count). The molecule has 150 valence electrons. The zero-order valence-electron chi connectivity index (χ0n) is 16.2. The Morgan fingerprint density at radius 3 is 2.90 bits per heavy atom. The lowest BCUT2D eigenvalue weighted by atomic mass is 10.0. The fourth-order valence-corrected chi connectivity index (χ4v) is 3.81. The summed E-state index contributed by atoms with van der Waals surface area (Å²) in [5.74, 6) is -0.822. The topological polar surface area (TPSA) is 108 Å². The van der Waals surface area contributed by atoms with Crippen LogP contribution in [0.4, 0.5) is 0 Å². The molecule has 3 N–H and O–H groups in total. The lowest BCUT2D eigenvalue weighted by Crippen LogP contribution is -2.39. The number of nitrogens with one attached hydrogen (secondary N) is 2. The van der Waals surface area contributed by atoms with Gasteiger partial charge in [-0.3, -0.25) is 14.7 Å². The molecule has 0 spiro atoms. The molecule has 1 aliphatic rings. The van der Waals surface area contributed by atoms with Gasteiger partial charge in [-0.15, -0.1) is 0 Å². The Morgan fingerprint density at radius 2 is 2.14 bits per heavy atom. The van der Waals surface area contributed by atoms with Gasteiger partial charge in [-0.05, 0) is 24.1 Å².